The number of amides is 1. The Labute approximate surface area is 170 Å². The number of rotatable bonds is 6. The van der Waals surface area contributed by atoms with Gasteiger partial charge in [0.25, 0.3) is 11.5 Å². The van der Waals surface area contributed by atoms with E-state index in [1.165, 1.54) is 12.1 Å². The molecule has 3 N–H and O–H groups in total. The molecule has 30 heavy (non-hydrogen) atoms. The lowest BCUT2D eigenvalue weighted by atomic mass is 10.0. The summed E-state index contributed by atoms with van der Waals surface area (Å²) in [5, 5.41) is 12.5. The van der Waals surface area contributed by atoms with Crippen molar-refractivity contribution in [2.45, 2.75) is 13.1 Å². The summed E-state index contributed by atoms with van der Waals surface area (Å²) in [5.41, 5.74) is 2.43. The summed E-state index contributed by atoms with van der Waals surface area (Å²) in [5.74, 6) is -1.23. The molecule has 4 rings (SSSR count). The SMILES string of the molecule is O=C(O)c1ccc(Cc2cc3cc(C(=O)NCn4ccnc4)ccc3[nH]c2=O)cc1. The normalized spacial score (nSPS) is 10.8. The van der Waals surface area contributed by atoms with E-state index in [1.54, 1.807) is 59.7 Å². The molecular weight excluding hydrogens is 384 g/mol. The highest BCUT2D eigenvalue weighted by molar-refractivity contribution is 5.97. The van der Waals surface area contributed by atoms with Crippen molar-refractivity contribution in [1.82, 2.24) is 19.9 Å². The van der Waals surface area contributed by atoms with Crippen LogP contribution in [0.3, 0.4) is 0 Å². The fraction of sp³-hybridized carbons (Fsp3) is 0.0909. The van der Waals surface area contributed by atoms with E-state index in [0.717, 1.165) is 10.9 Å². The number of aromatic carboxylic acids is 1. The molecule has 150 valence electrons. The van der Waals surface area contributed by atoms with Crippen LogP contribution in [0, 0.1) is 0 Å². The van der Waals surface area contributed by atoms with Gasteiger partial charge in [-0.05, 0) is 47.3 Å². The Bertz CT molecular complexity index is 1270. The number of aromatic nitrogens is 3. The summed E-state index contributed by atoms with van der Waals surface area (Å²) in [6.45, 7) is 0.306. The highest BCUT2D eigenvalue weighted by atomic mass is 16.4. The second-order valence-corrected chi connectivity index (χ2v) is 6.85. The molecule has 1 amide bonds. The Morgan fingerprint density at radius 1 is 1.07 bits per heavy atom. The lowest BCUT2D eigenvalue weighted by Crippen LogP contribution is -2.25. The van der Waals surface area contributed by atoms with Crippen molar-refractivity contribution < 1.29 is 14.7 Å². The van der Waals surface area contributed by atoms with E-state index in [0.29, 0.717) is 29.7 Å². The second kappa shape index (κ2) is 8.04. The maximum absolute atomic E-state index is 12.4. The number of hydrogen-bond donors (Lipinski definition) is 3. The van der Waals surface area contributed by atoms with Crippen LogP contribution in [0.25, 0.3) is 10.9 Å². The van der Waals surface area contributed by atoms with Crippen LogP contribution in [0.2, 0.25) is 0 Å². The molecule has 2 heterocycles. The number of imidazole rings is 1. The summed E-state index contributed by atoms with van der Waals surface area (Å²) >= 11 is 0. The quantitative estimate of drug-likeness (QED) is 0.458. The average molecular weight is 402 g/mol. The molecule has 8 nitrogen and oxygen atoms in total. The third-order valence-electron chi connectivity index (χ3n) is 4.76. The zero-order valence-electron chi connectivity index (χ0n) is 15.8. The molecule has 0 fully saturated rings. The van der Waals surface area contributed by atoms with Gasteiger partial charge in [0.1, 0.15) is 0 Å². The largest absolute Gasteiger partial charge is 0.478 e. The predicted molar refractivity (Wildman–Crippen MR) is 110 cm³/mol. The Balaban J connectivity index is 1.57. The van der Waals surface area contributed by atoms with E-state index >= 15 is 0 Å². The van der Waals surface area contributed by atoms with Gasteiger partial charge in [-0.1, -0.05) is 12.1 Å². The molecular formula is C22H18N4O4. The minimum absolute atomic E-state index is 0.192. The summed E-state index contributed by atoms with van der Waals surface area (Å²) in [4.78, 5) is 42.6. The molecule has 0 atom stereocenters. The van der Waals surface area contributed by atoms with Gasteiger partial charge in [0.05, 0.1) is 18.6 Å². The second-order valence-electron chi connectivity index (χ2n) is 6.85. The van der Waals surface area contributed by atoms with E-state index < -0.39 is 5.97 Å². The summed E-state index contributed by atoms with van der Waals surface area (Å²) < 4.78 is 1.74. The monoisotopic (exact) mass is 402 g/mol. The van der Waals surface area contributed by atoms with Crippen LogP contribution < -0.4 is 10.9 Å². The molecule has 0 aliphatic heterocycles. The number of aromatic amines is 1. The van der Waals surface area contributed by atoms with Crippen molar-refractivity contribution in [3.05, 3.63) is 99.9 Å². The number of carbonyl (C=O) groups excluding carboxylic acids is 1. The van der Waals surface area contributed by atoms with Gasteiger partial charge in [-0.15, -0.1) is 0 Å². The van der Waals surface area contributed by atoms with Gasteiger partial charge in [0.15, 0.2) is 0 Å². The fourth-order valence-corrected chi connectivity index (χ4v) is 3.15. The molecule has 0 unspecified atom stereocenters. The van der Waals surface area contributed by atoms with E-state index in [9.17, 15) is 14.4 Å². The van der Waals surface area contributed by atoms with Crippen molar-refractivity contribution in [3.63, 3.8) is 0 Å². The molecule has 4 aromatic rings. The van der Waals surface area contributed by atoms with Crippen LogP contribution in [0.15, 0.2) is 72.0 Å². The number of pyridine rings is 1. The van der Waals surface area contributed by atoms with Gasteiger partial charge < -0.3 is 20.0 Å². The van der Waals surface area contributed by atoms with Crippen LogP contribution in [-0.2, 0) is 13.1 Å². The molecule has 0 saturated carbocycles. The smallest absolute Gasteiger partial charge is 0.335 e. The van der Waals surface area contributed by atoms with E-state index in [-0.39, 0.29) is 17.0 Å². The Kier molecular flexibility index (Phi) is 5.13. The highest BCUT2D eigenvalue weighted by Crippen LogP contribution is 2.16. The lowest BCUT2D eigenvalue weighted by Gasteiger charge is -2.08. The van der Waals surface area contributed by atoms with Gasteiger partial charge in [-0.25, -0.2) is 9.78 Å². The van der Waals surface area contributed by atoms with Crippen molar-refractivity contribution in [1.29, 1.82) is 0 Å². The topological polar surface area (TPSA) is 117 Å². The number of carboxylic acids is 1. The number of benzene rings is 2. The summed E-state index contributed by atoms with van der Waals surface area (Å²) in [7, 11) is 0. The number of H-pyrrole nitrogens is 1. The number of carbonyl (C=O) groups is 2. The van der Waals surface area contributed by atoms with Gasteiger partial charge in [0.2, 0.25) is 0 Å². The van der Waals surface area contributed by atoms with Crippen molar-refractivity contribution >= 4 is 22.8 Å². The van der Waals surface area contributed by atoms with E-state index in [1.807, 2.05) is 0 Å². The minimum Gasteiger partial charge on any atom is -0.478 e. The molecule has 0 aliphatic carbocycles. The maximum atomic E-state index is 12.4. The van der Waals surface area contributed by atoms with Crippen LogP contribution in [-0.4, -0.2) is 31.5 Å². The Morgan fingerprint density at radius 3 is 2.53 bits per heavy atom. The summed E-state index contributed by atoms with van der Waals surface area (Å²) in [6, 6.07) is 13.2. The molecule has 0 saturated heterocycles. The van der Waals surface area contributed by atoms with E-state index in [4.69, 9.17) is 5.11 Å². The third-order valence-corrected chi connectivity index (χ3v) is 4.76. The van der Waals surface area contributed by atoms with Gasteiger partial charge in [-0.3, -0.25) is 9.59 Å². The lowest BCUT2D eigenvalue weighted by molar-refractivity contribution is 0.0696. The zero-order chi connectivity index (χ0) is 21.1. The molecule has 2 aromatic heterocycles. The number of fused-ring (bicyclic) bond motifs is 1. The average Bonchev–Trinajstić information content (AvgIpc) is 3.26. The van der Waals surface area contributed by atoms with Crippen molar-refractivity contribution in [2.24, 2.45) is 0 Å². The molecule has 2 aromatic carbocycles. The highest BCUT2D eigenvalue weighted by Gasteiger charge is 2.10. The Morgan fingerprint density at radius 2 is 1.83 bits per heavy atom. The predicted octanol–water partition coefficient (Wildman–Crippen LogP) is 2.40. The summed E-state index contributed by atoms with van der Waals surface area (Å²) in [6.07, 6.45) is 5.35. The zero-order valence-corrected chi connectivity index (χ0v) is 15.8. The number of carboxylic acid groups (broad SMARTS) is 1. The first kappa shape index (κ1) is 19.1. The van der Waals surface area contributed by atoms with Crippen LogP contribution in [0.4, 0.5) is 0 Å². The van der Waals surface area contributed by atoms with Gasteiger partial charge in [-0.2, -0.15) is 0 Å². The molecule has 0 aliphatic rings. The molecule has 0 spiro atoms. The fourth-order valence-electron chi connectivity index (χ4n) is 3.15. The van der Waals surface area contributed by atoms with Crippen molar-refractivity contribution in [3.8, 4) is 0 Å². The standard InChI is InChI=1S/C22H18N4O4/c27-20(24-13-26-8-7-23-12-26)16-5-6-19-17(10-16)11-18(21(28)25-19)9-14-1-3-15(4-2-14)22(29)30/h1-8,10-12H,9,13H2,(H,24,27)(H,25,28)(H,29,30). The van der Waals surface area contributed by atoms with E-state index in [2.05, 4.69) is 15.3 Å². The first-order valence-corrected chi connectivity index (χ1v) is 9.22. The van der Waals surface area contributed by atoms with Gasteiger partial charge in [0, 0.05) is 35.5 Å². The van der Waals surface area contributed by atoms with Crippen LogP contribution >= 0.6 is 0 Å². The first-order chi connectivity index (χ1) is 14.5. The van der Waals surface area contributed by atoms with Crippen molar-refractivity contribution in [2.75, 3.05) is 0 Å². The number of hydrogen-bond acceptors (Lipinski definition) is 4. The van der Waals surface area contributed by atoms with Crippen LogP contribution in [0.5, 0.6) is 0 Å². The molecule has 0 radical (unpaired) electrons. The Hall–Kier alpha value is -4.20. The number of nitrogens with zero attached hydrogens (tertiary/aromatic N) is 2. The third kappa shape index (κ3) is 4.12. The minimum atomic E-state index is -0.996. The first-order valence-electron chi connectivity index (χ1n) is 9.22. The maximum Gasteiger partial charge on any atom is 0.335 e. The molecule has 0 bridgehead atoms. The van der Waals surface area contributed by atoms with Crippen LogP contribution in [0.1, 0.15) is 31.8 Å². The van der Waals surface area contributed by atoms with Gasteiger partial charge >= 0.3 is 5.97 Å². The number of nitrogens with one attached hydrogen (secondary N) is 2. The molecule has 8 heteroatoms.